The van der Waals surface area contributed by atoms with Gasteiger partial charge in [0.25, 0.3) is 5.91 Å². The van der Waals surface area contributed by atoms with Crippen LogP contribution in [-0.4, -0.2) is 29.9 Å². The van der Waals surface area contributed by atoms with Gasteiger partial charge in [-0.2, -0.15) is 0 Å². The monoisotopic (exact) mass is 455 g/mol. The third-order valence-corrected chi connectivity index (χ3v) is 5.55. The van der Waals surface area contributed by atoms with Gasteiger partial charge in [0.1, 0.15) is 11.6 Å². The second-order valence-corrected chi connectivity index (χ2v) is 7.81. The van der Waals surface area contributed by atoms with E-state index in [1.54, 1.807) is 52.3 Å². The fourth-order valence-electron chi connectivity index (χ4n) is 3.61. The third kappa shape index (κ3) is 4.57. The molecule has 0 saturated carbocycles. The Morgan fingerprint density at radius 1 is 0.969 bits per heavy atom. The number of hydrogen-bond donors (Lipinski definition) is 1. The molecule has 1 heterocycles. The highest BCUT2D eigenvalue weighted by atomic mass is 35.5. The molecule has 1 saturated heterocycles. The maximum absolute atomic E-state index is 14.3. The number of halogens is 3. The van der Waals surface area contributed by atoms with E-state index >= 15 is 0 Å². The molecule has 5 nitrogen and oxygen atoms in total. The number of nitrogens with zero attached hydrogens (tertiary/aromatic N) is 2. The second-order valence-electron chi connectivity index (χ2n) is 7.40. The Labute approximate surface area is 189 Å². The van der Waals surface area contributed by atoms with E-state index in [9.17, 15) is 18.4 Å². The molecule has 0 spiro atoms. The summed E-state index contributed by atoms with van der Waals surface area (Å²) in [6.07, 6.45) is 0.722. The van der Waals surface area contributed by atoms with Crippen molar-refractivity contribution in [1.29, 1.82) is 0 Å². The van der Waals surface area contributed by atoms with Crippen molar-refractivity contribution in [3.63, 3.8) is 0 Å². The number of benzene rings is 3. The van der Waals surface area contributed by atoms with Crippen molar-refractivity contribution in [3.8, 4) is 0 Å². The highest BCUT2D eigenvalue weighted by Gasteiger charge is 2.27. The lowest BCUT2D eigenvalue weighted by Gasteiger charge is -2.35. The van der Waals surface area contributed by atoms with Gasteiger partial charge in [-0.1, -0.05) is 35.9 Å². The lowest BCUT2D eigenvalue weighted by molar-refractivity contribution is 0.102. The molecular weight excluding hydrogens is 436 g/mol. The number of rotatable bonds is 5. The van der Waals surface area contributed by atoms with Gasteiger partial charge < -0.3 is 10.2 Å². The normalized spacial score (nSPS) is 13.9. The smallest absolute Gasteiger partial charge is 0.322 e. The van der Waals surface area contributed by atoms with E-state index in [0.29, 0.717) is 30.0 Å². The van der Waals surface area contributed by atoms with Gasteiger partial charge in [0, 0.05) is 30.0 Å². The number of nitrogens with one attached hydrogen (secondary N) is 1. The molecule has 164 valence electrons. The predicted octanol–water partition coefficient (Wildman–Crippen LogP) is 5.70. The first-order valence-electron chi connectivity index (χ1n) is 10.1. The van der Waals surface area contributed by atoms with Gasteiger partial charge in [-0.3, -0.25) is 9.69 Å². The lowest BCUT2D eigenvalue weighted by atomic mass is 10.1. The molecule has 0 atom stereocenters. The van der Waals surface area contributed by atoms with E-state index in [0.717, 1.165) is 6.42 Å². The van der Waals surface area contributed by atoms with Gasteiger partial charge in [-0.15, -0.1) is 0 Å². The number of amides is 3. The summed E-state index contributed by atoms with van der Waals surface area (Å²) in [7, 11) is 0. The Morgan fingerprint density at radius 2 is 1.72 bits per heavy atom. The van der Waals surface area contributed by atoms with Crippen molar-refractivity contribution >= 4 is 34.9 Å². The zero-order chi connectivity index (χ0) is 22.7. The molecule has 3 aromatic carbocycles. The van der Waals surface area contributed by atoms with Crippen LogP contribution in [-0.2, 0) is 6.54 Å². The van der Waals surface area contributed by atoms with Crippen molar-refractivity contribution in [2.45, 2.75) is 13.0 Å². The minimum Gasteiger partial charge on any atom is -0.322 e. The highest BCUT2D eigenvalue weighted by Crippen LogP contribution is 2.25. The molecule has 1 N–H and O–H groups in total. The molecule has 4 rings (SSSR count). The first-order chi connectivity index (χ1) is 15.4. The summed E-state index contributed by atoms with van der Waals surface area (Å²) in [5.41, 5.74) is 1.44. The van der Waals surface area contributed by atoms with Crippen LogP contribution in [0.4, 0.5) is 25.0 Å². The summed E-state index contributed by atoms with van der Waals surface area (Å²) in [4.78, 5) is 28.5. The molecule has 8 heteroatoms. The lowest BCUT2D eigenvalue weighted by Crippen LogP contribution is -2.49. The van der Waals surface area contributed by atoms with E-state index in [2.05, 4.69) is 5.32 Å². The number of carbonyl (C=O) groups is 2. The van der Waals surface area contributed by atoms with Crippen LogP contribution >= 0.6 is 11.6 Å². The van der Waals surface area contributed by atoms with Crippen molar-refractivity contribution in [3.05, 3.63) is 94.5 Å². The second kappa shape index (κ2) is 9.36. The van der Waals surface area contributed by atoms with Gasteiger partial charge in [0.15, 0.2) is 0 Å². The molecule has 3 aromatic rings. The van der Waals surface area contributed by atoms with Crippen LogP contribution in [0.3, 0.4) is 0 Å². The van der Waals surface area contributed by atoms with E-state index in [-0.39, 0.29) is 23.2 Å². The van der Waals surface area contributed by atoms with Crippen molar-refractivity contribution in [2.75, 3.05) is 23.3 Å². The van der Waals surface area contributed by atoms with Crippen LogP contribution in [0.1, 0.15) is 22.3 Å². The van der Waals surface area contributed by atoms with Crippen LogP contribution in [0.2, 0.25) is 5.02 Å². The number of anilines is 2. The molecule has 1 aliphatic heterocycles. The fraction of sp³-hybridized carbons (Fsp3) is 0.167. The minimum atomic E-state index is -0.600. The van der Waals surface area contributed by atoms with Crippen LogP contribution in [0, 0.1) is 11.6 Å². The molecule has 1 aliphatic rings. The molecule has 3 amide bonds. The highest BCUT2D eigenvalue weighted by molar-refractivity contribution is 6.30. The average Bonchev–Trinajstić information content (AvgIpc) is 2.79. The molecule has 0 unspecified atom stereocenters. The average molecular weight is 456 g/mol. The first-order valence-corrected chi connectivity index (χ1v) is 10.5. The Kier molecular flexibility index (Phi) is 6.37. The Bertz CT molecular complexity index is 1150. The number of hydrogen-bond acceptors (Lipinski definition) is 2. The van der Waals surface area contributed by atoms with Crippen molar-refractivity contribution < 1.29 is 18.4 Å². The van der Waals surface area contributed by atoms with Gasteiger partial charge in [0.05, 0.1) is 17.1 Å². The van der Waals surface area contributed by atoms with E-state index in [1.165, 1.54) is 24.3 Å². The first kappa shape index (κ1) is 21.8. The Hall–Kier alpha value is -3.45. The van der Waals surface area contributed by atoms with Crippen molar-refractivity contribution in [2.24, 2.45) is 0 Å². The van der Waals surface area contributed by atoms with Crippen LogP contribution in [0.15, 0.2) is 66.7 Å². The molecule has 32 heavy (non-hydrogen) atoms. The van der Waals surface area contributed by atoms with Crippen LogP contribution in [0.25, 0.3) is 0 Å². The molecular formula is C24H20ClF2N3O2. The predicted molar refractivity (Wildman–Crippen MR) is 120 cm³/mol. The molecule has 0 bridgehead atoms. The maximum Gasteiger partial charge on any atom is 0.324 e. The summed E-state index contributed by atoms with van der Waals surface area (Å²) >= 11 is 5.85. The summed E-state index contributed by atoms with van der Waals surface area (Å²) < 4.78 is 28.1. The van der Waals surface area contributed by atoms with Crippen LogP contribution < -0.4 is 10.2 Å². The van der Waals surface area contributed by atoms with Gasteiger partial charge in [-0.05, 0) is 48.9 Å². The van der Waals surface area contributed by atoms with Gasteiger partial charge in [-0.25, -0.2) is 13.6 Å². The van der Waals surface area contributed by atoms with E-state index in [1.807, 2.05) is 0 Å². The number of urea groups is 1. The maximum atomic E-state index is 14.3. The quantitative estimate of drug-likeness (QED) is 0.536. The largest absolute Gasteiger partial charge is 0.324 e. The Balaban J connectivity index is 1.45. The van der Waals surface area contributed by atoms with E-state index in [4.69, 9.17) is 11.6 Å². The molecule has 0 aliphatic carbocycles. The third-order valence-electron chi connectivity index (χ3n) is 5.26. The van der Waals surface area contributed by atoms with Crippen LogP contribution in [0.5, 0.6) is 0 Å². The topological polar surface area (TPSA) is 52.7 Å². The summed E-state index contributed by atoms with van der Waals surface area (Å²) in [6.45, 7) is 1.16. The summed E-state index contributed by atoms with van der Waals surface area (Å²) in [5.74, 6) is -1.68. The molecule has 0 aromatic heterocycles. The minimum absolute atomic E-state index is 0.0248. The van der Waals surface area contributed by atoms with Crippen molar-refractivity contribution in [1.82, 2.24) is 4.90 Å². The van der Waals surface area contributed by atoms with Gasteiger partial charge >= 0.3 is 6.03 Å². The standard InChI is InChI=1S/C24H20ClF2N3O2/c25-20-7-3-5-16(22(20)27)15-29-13-4-14-30(24(29)32)18-11-9-17(10-12-18)28-23(31)19-6-1-2-8-21(19)26/h1-3,5-12H,4,13-15H2,(H,28,31). The summed E-state index contributed by atoms with van der Waals surface area (Å²) in [5, 5.41) is 2.67. The summed E-state index contributed by atoms with van der Waals surface area (Å²) in [6, 6.07) is 16.9. The Morgan fingerprint density at radius 3 is 2.47 bits per heavy atom. The fourth-order valence-corrected chi connectivity index (χ4v) is 3.81. The van der Waals surface area contributed by atoms with Gasteiger partial charge in [0.2, 0.25) is 0 Å². The zero-order valence-corrected chi connectivity index (χ0v) is 17.8. The molecule has 1 fully saturated rings. The molecule has 0 radical (unpaired) electrons. The number of carbonyl (C=O) groups excluding carboxylic acids is 2. The SMILES string of the molecule is O=C(Nc1ccc(N2CCCN(Cc3cccc(Cl)c3F)C2=O)cc1)c1ccccc1F. The zero-order valence-electron chi connectivity index (χ0n) is 17.0. The van der Waals surface area contributed by atoms with E-state index < -0.39 is 17.5 Å².